The molecule has 0 amide bonds. The van der Waals surface area contributed by atoms with E-state index in [0.717, 1.165) is 3.57 Å². The average molecular weight is 264 g/mol. The third-order valence-electron chi connectivity index (χ3n) is 1.31. The maximum absolute atomic E-state index is 12.8. The number of benzene rings is 1. The Morgan fingerprint density at radius 1 is 1.55 bits per heavy atom. The Kier molecular flexibility index (Phi) is 2.99. The van der Waals surface area contributed by atoms with Crippen molar-refractivity contribution in [2.45, 2.75) is 6.42 Å². The van der Waals surface area contributed by atoms with Gasteiger partial charge < -0.3 is 4.79 Å². The summed E-state index contributed by atoms with van der Waals surface area (Å²) in [5.74, 6) is -0.308. The van der Waals surface area contributed by atoms with E-state index in [-0.39, 0.29) is 12.2 Å². The summed E-state index contributed by atoms with van der Waals surface area (Å²) in [4.78, 5) is 10.1. The van der Waals surface area contributed by atoms with Crippen LogP contribution in [0.25, 0.3) is 0 Å². The van der Waals surface area contributed by atoms with Crippen molar-refractivity contribution in [3.8, 4) is 0 Å². The molecule has 1 nitrogen and oxygen atoms in total. The normalized spacial score (nSPS) is 9.64. The van der Waals surface area contributed by atoms with Crippen molar-refractivity contribution in [2.24, 2.45) is 0 Å². The first kappa shape index (κ1) is 8.64. The van der Waals surface area contributed by atoms with E-state index >= 15 is 0 Å². The molecule has 3 heteroatoms. The van der Waals surface area contributed by atoms with E-state index in [1.807, 2.05) is 0 Å². The molecule has 0 saturated heterocycles. The Morgan fingerprint density at radius 3 is 2.91 bits per heavy atom. The molecule has 0 bridgehead atoms. The summed E-state index contributed by atoms with van der Waals surface area (Å²) < 4.78 is 13.7. The molecule has 0 N–H and O–H groups in total. The Morgan fingerprint density at radius 2 is 2.27 bits per heavy atom. The highest BCUT2D eigenvalue weighted by Crippen LogP contribution is 2.11. The molecule has 0 radical (unpaired) electrons. The zero-order valence-electron chi connectivity index (χ0n) is 5.68. The summed E-state index contributed by atoms with van der Waals surface area (Å²) in [5.41, 5.74) is 0.465. The van der Waals surface area contributed by atoms with Crippen molar-refractivity contribution in [3.63, 3.8) is 0 Å². The maximum atomic E-state index is 12.8. The van der Waals surface area contributed by atoms with Crippen molar-refractivity contribution in [1.82, 2.24) is 0 Å². The minimum Gasteiger partial charge on any atom is -0.303 e. The Hall–Kier alpha value is -0.450. The minimum absolute atomic E-state index is 0.155. The van der Waals surface area contributed by atoms with Gasteiger partial charge >= 0.3 is 0 Å². The van der Waals surface area contributed by atoms with Gasteiger partial charge in [-0.1, -0.05) is 0 Å². The van der Waals surface area contributed by atoms with Crippen molar-refractivity contribution in [2.75, 3.05) is 0 Å². The van der Waals surface area contributed by atoms with Gasteiger partial charge in [0, 0.05) is 9.99 Å². The molecule has 0 atom stereocenters. The predicted molar refractivity (Wildman–Crippen MR) is 48.9 cm³/mol. The Labute approximate surface area is 77.8 Å². The highest BCUT2D eigenvalue weighted by Gasteiger charge is 2.00. The van der Waals surface area contributed by atoms with Gasteiger partial charge in [-0.3, -0.25) is 0 Å². The molecule has 1 aromatic rings. The highest BCUT2D eigenvalue weighted by atomic mass is 127. The number of carbonyl (C=O) groups excluding carboxylic acids is 1. The maximum Gasteiger partial charge on any atom is 0.126 e. The van der Waals surface area contributed by atoms with Crippen molar-refractivity contribution < 1.29 is 9.18 Å². The van der Waals surface area contributed by atoms with Crippen molar-refractivity contribution in [3.05, 3.63) is 33.1 Å². The van der Waals surface area contributed by atoms with Crippen LogP contribution >= 0.6 is 22.6 Å². The molecule has 0 aromatic heterocycles. The van der Waals surface area contributed by atoms with E-state index < -0.39 is 0 Å². The fourth-order valence-electron chi connectivity index (χ4n) is 0.790. The Bertz CT molecular complexity index is 273. The number of hydrogen-bond acceptors (Lipinski definition) is 1. The molecule has 58 valence electrons. The summed E-state index contributed by atoms with van der Waals surface area (Å²) in [6.07, 6.45) is 0.858. The number of carbonyl (C=O) groups is 1. The summed E-state index contributed by atoms with van der Waals surface area (Å²) >= 11 is 2.08. The van der Waals surface area contributed by atoms with E-state index in [0.29, 0.717) is 11.8 Å². The molecule has 1 aromatic carbocycles. The van der Waals surface area contributed by atoms with E-state index in [1.165, 1.54) is 6.07 Å². The molecule has 0 saturated carbocycles. The third-order valence-corrected chi connectivity index (χ3v) is 1.98. The Balaban J connectivity index is 3.01. The van der Waals surface area contributed by atoms with Crippen LogP contribution < -0.4 is 0 Å². The molecule has 0 unspecified atom stereocenters. The smallest absolute Gasteiger partial charge is 0.126 e. The lowest BCUT2D eigenvalue weighted by atomic mass is 10.1. The van der Waals surface area contributed by atoms with Gasteiger partial charge in [0.25, 0.3) is 0 Å². The predicted octanol–water partition coefficient (Wildman–Crippen LogP) is 2.17. The molecule has 0 heterocycles. The first-order valence-corrected chi connectivity index (χ1v) is 4.19. The SMILES string of the molecule is O=CCc1cc(I)ccc1F. The lowest BCUT2D eigenvalue weighted by Gasteiger charge is -1.97. The van der Waals surface area contributed by atoms with E-state index in [4.69, 9.17) is 0 Å². The fraction of sp³-hybridized carbons (Fsp3) is 0.125. The number of halogens is 2. The zero-order chi connectivity index (χ0) is 8.27. The van der Waals surface area contributed by atoms with Crippen molar-refractivity contribution >= 4 is 28.9 Å². The molecule has 1 rings (SSSR count). The van der Waals surface area contributed by atoms with Gasteiger partial charge in [-0.05, 0) is 46.4 Å². The van der Waals surface area contributed by atoms with Crippen molar-refractivity contribution in [1.29, 1.82) is 0 Å². The monoisotopic (exact) mass is 264 g/mol. The second kappa shape index (κ2) is 3.80. The van der Waals surface area contributed by atoms with Gasteiger partial charge in [0.1, 0.15) is 12.1 Å². The van der Waals surface area contributed by atoms with Gasteiger partial charge in [-0.2, -0.15) is 0 Å². The van der Waals surface area contributed by atoms with Crippen LogP contribution in [0.3, 0.4) is 0 Å². The first-order chi connectivity index (χ1) is 5.24. The standard InChI is InChI=1S/C8H6FIO/c9-8-2-1-7(10)5-6(8)3-4-11/h1-2,4-5H,3H2. The zero-order valence-corrected chi connectivity index (χ0v) is 7.84. The largest absolute Gasteiger partial charge is 0.303 e. The molecular formula is C8H6FIO. The first-order valence-electron chi connectivity index (χ1n) is 3.11. The average Bonchev–Trinajstić information content (AvgIpc) is 1.98. The summed E-state index contributed by atoms with van der Waals surface area (Å²) in [6, 6.07) is 4.72. The number of aldehydes is 1. The molecule has 0 aliphatic carbocycles. The number of rotatable bonds is 2. The van der Waals surface area contributed by atoms with Crippen LogP contribution in [0.5, 0.6) is 0 Å². The van der Waals surface area contributed by atoms with E-state index in [9.17, 15) is 9.18 Å². The third kappa shape index (κ3) is 2.25. The summed E-state index contributed by atoms with van der Waals surface area (Å²) in [6.45, 7) is 0. The van der Waals surface area contributed by atoms with Crippen LogP contribution in [-0.4, -0.2) is 6.29 Å². The lowest BCUT2D eigenvalue weighted by Crippen LogP contribution is -1.91. The molecule has 0 aliphatic rings. The molecule has 0 spiro atoms. The topological polar surface area (TPSA) is 17.1 Å². The van der Waals surface area contributed by atoms with Crippen LogP contribution in [0.15, 0.2) is 18.2 Å². The second-order valence-electron chi connectivity index (χ2n) is 2.11. The van der Waals surface area contributed by atoms with Crippen LogP contribution in [-0.2, 0) is 11.2 Å². The van der Waals surface area contributed by atoms with Crippen LogP contribution in [0.2, 0.25) is 0 Å². The van der Waals surface area contributed by atoms with Gasteiger partial charge in [0.2, 0.25) is 0 Å². The lowest BCUT2D eigenvalue weighted by molar-refractivity contribution is -0.107. The molecule has 11 heavy (non-hydrogen) atoms. The van der Waals surface area contributed by atoms with E-state index in [1.54, 1.807) is 12.1 Å². The van der Waals surface area contributed by atoms with Crippen LogP contribution in [0, 0.1) is 9.39 Å². The second-order valence-corrected chi connectivity index (χ2v) is 3.35. The molecule has 0 fully saturated rings. The highest BCUT2D eigenvalue weighted by molar-refractivity contribution is 14.1. The summed E-state index contributed by atoms with van der Waals surface area (Å²) in [7, 11) is 0. The molecular weight excluding hydrogens is 258 g/mol. The van der Waals surface area contributed by atoms with Gasteiger partial charge in [-0.15, -0.1) is 0 Å². The quantitative estimate of drug-likeness (QED) is 0.591. The van der Waals surface area contributed by atoms with Crippen LogP contribution in [0.4, 0.5) is 4.39 Å². The number of hydrogen-bond donors (Lipinski definition) is 0. The van der Waals surface area contributed by atoms with Gasteiger partial charge in [0.15, 0.2) is 0 Å². The van der Waals surface area contributed by atoms with E-state index in [2.05, 4.69) is 22.6 Å². The molecule has 0 aliphatic heterocycles. The van der Waals surface area contributed by atoms with Gasteiger partial charge in [-0.25, -0.2) is 4.39 Å². The van der Waals surface area contributed by atoms with Gasteiger partial charge in [0.05, 0.1) is 0 Å². The van der Waals surface area contributed by atoms with Crippen LogP contribution in [0.1, 0.15) is 5.56 Å². The summed E-state index contributed by atoms with van der Waals surface area (Å²) in [5, 5.41) is 0. The fourth-order valence-corrected chi connectivity index (χ4v) is 1.35. The minimum atomic E-state index is -0.308.